The molecule has 4 heteroatoms. The van der Waals surface area contributed by atoms with Crippen molar-refractivity contribution in [3.05, 3.63) is 34.7 Å². The van der Waals surface area contributed by atoms with Gasteiger partial charge in [0, 0.05) is 41.0 Å². The van der Waals surface area contributed by atoms with E-state index in [0.717, 1.165) is 25.7 Å². The zero-order chi connectivity index (χ0) is 14.7. The van der Waals surface area contributed by atoms with Crippen LogP contribution in [0.2, 0.25) is 0 Å². The number of hydrogen-bond donors (Lipinski definition) is 1. The first-order valence-corrected chi connectivity index (χ1v) is 9.89. The number of thiophene rings is 1. The molecule has 0 aliphatic heterocycles. The third-order valence-electron chi connectivity index (χ3n) is 4.02. The Kier molecular flexibility index (Phi) is 5.22. The van der Waals surface area contributed by atoms with E-state index in [1.54, 1.807) is 0 Å². The van der Waals surface area contributed by atoms with E-state index in [9.17, 15) is 0 Å². The smallest absolute Gasteiger partial charge is 0.0349 e. The maximum Gasteiger partial charge on any atom is 0.0349 e. The van der Waals surface area contributed by atoms with Crippen LogP contribution in [0.3, 0.4) is 0 Å². The highest BCUT2D eigenvalue weighted by molar-refractivity contribution is 7.98. The summed E-state index contributed by atoms with van der Waals surface area (Å²) in [6.07, 6.45) is 4.89. The summed E-state index contributed by atoms with van der Waals surface area (Å²) in [6, 6.07) is 9.63. The molecule has 0 spiro atoms. The van der Waals surface area contributed by atoms with Crippen LogP contribution in [0.1, 0.15) is 23.3 Å². The Morgan fingerprint density at radius 3 is 2.90 bits per heavy atom. The predicted molar refractivity (Wildman–Crippen MR) is 96.4 cm³/mol. The maximum absolute atomic E-state index is 3.68. The van der Waals surface area contributed by atoms with Gasteiger partial charge in [-0.15, -0.1) is 11.3 Å². The van der Waals surface area contributed by atoms with Crippen LogP contribution in [-0.4, -0.2) is 36.5 Å². The average molecular weight is 321 g/mol. The van der Waals surface area contributed by atoms with Crippen LogP contribution in [0.25, 0.3) is 10.1 Å². The number of fused-ring (bicyclic) bond motifs is 1. The van der Waals surface area contributed by atoms with Crippen LogP contribution < -0.4 is 5.32 Å². The highest BCUT2D eigenvalue weighted by atomic mass is 32.2. The average Bonchev–Trinajstić information content (AvgIpc) is 3.26. The second-order valence-electron chi connectivity index (χ2n) is 5.89. The van der Waals surface area contributed by atoms with Crippen LogP contribution in [-0.2, 0) is 13.1 Å². The second kappa shape index (κ2) is 7.14. The molecule has 1 aromatic heterocycles. The van der Waals surface area contributed by atoms with Gasteiger partial charge in [-0.1, -0.05) is 18.2 Å². The summed E-state index contributed by atoms with van der Waals surface area (Å²) in [5, 5.41) is 5.13. The van der Waals surface area contributed by atoms with Crippen molar-refractivity contribution >= 4 is 33.2 Å². The summed E-state index contributed by atoms with van der Waals surface area (Å²) in [7, 11) is 2.24. The summed E-state index contributed by atoms with van der Waals surface area (Å²) in [5.74, 6) is 1.20. The summed E-state index contributed by atoms with van der Waals surface area (Å²) in [6.45, 7) is 3.25. The topological polar surface area (TPSA) is 15.3 Å². The molecule has 114 valence electrons. The Balaban J connectivity index is 1.79. The minimum absolute atomic E-state index is 0.775. The molecule has 0 amide bonds. The Bertz CT molecular complexity index is 589. The van der Waals surface area contributed by atoms with Gasteiger partial charge in [-0.3, -0.25) is 0 Å². The fourth-order valence-corrected chi connectivity index (χ4v) is 4.25. The van der Waals surface area contributed by atoms with E-state index in [4.69, 9.17) is 0 Å². The van der Waals surface area contributed by atoms with Gasteiger partial charge in [-0.2, -0.15) is 11.8 Å². The Morgan fingerprint density at radius 1 is 1.33 bits per heavy atom. The molecule has 1 heterocycles. The molecule has 0 bridgehead atoms. The van der Waals surface area contributed by atoms with Gasteiger partial charge in [0.05, 0.1) is 0 Å². The van der Waals surface area contributed by atoms with Crippen LogP contribution >= 0.6 is 23.1 Å². The summed E-state index contributed by atoms with van der Waals surface area (Å²) in [4.78, 5) is 3.98. The van der Waals surface area contributed by atoms with E-state index in [0.29, 0.717) is 0 Å². The molecule has 0 saturated heterocycles. The van der Waals surface area contributed by atoms with Crippen LogP contribution in [0, 0.1) is 0 Å². The lowest BCUT2D eigenvalue weighted by atomic mass is 10.1. The molecule has 2 nitrogen and oxygen atoms in total. The van der Waals surface area contributed by atoms with Gasteiger partial charge in [0.1, 0.15) is 0 Å². The molecule has 3 rings (SSSR count). The Labute approximate surface area is 135 Å². The molecule has 1 aliphatic rings. The fraction of sp³-hybridized carbons (Fsp3) is 0.529. The van der Waals surface area contributed by atoms with Crippen molar-refractivity contribution in [3.8, 4) is 0 Å². The van der Waals surface area contributed by atoms with Crippen molar-refractivity contribution in [2.75, 3.05) is 25.6 Å². The van der Waals surface area contributed by atoms with E-state index < -0.39 is 0 Å². The van der Waals surface area contributed by atoms with E-state index in [2.05, 4.69) is 47.8 Å². The van der Waals surface area contributed by atoms with Crippen molar-refractivity contribution in [1.29, 1.82) is 0 Å². The molecule has 1 aliphatic carbocycles. The number of thioether (sulfide) groups is 1. The molecule has 2 aromatic rings. The number of rotatable bonds is 8. The van der Waals surface area contributed by atoms with Crippen molar-refractivity contribution in [1.82, 2.24) is 10.2 Å². The van der Waals surface area contributed by atoms with Crippen molar-refractivity contribution < 1.29 is 0 Å². The lowest BCUT2D eigenvalue weighted by Crippen LogP contribution is -2.22. The minimum Gasteiger partial charge on any atom is -0.309 e. The van der Waals surface area contributed by atoms with Gasteiger partial charge >= 0.3 is 0 Å². The molecule has 1 aromatic carbocycles. The van der Waals surface area contributed by atoms with E-state index >= 15 is 0 Å². The highest BCUT2D eigenvalue weighted by Gasteiger charge is 2.21. The highest BCUT2D eigenvalue weighted by Crippen LogP contribution is 2.33. The molecule has 1 saturated carbocycles. The molecule has 21 heavy (non-hydrogen) atoms. The Morgan fingerprint density at radius 2 is 2.14 bits per heavy atom. The summed E-state index contributed by atoms with van der Waals surface area (Å²) in [5.41, 5.74) is 1.53. The van der Waals surface area contributed by atoms with Gasteiger partial charge in [-0.25, -0.2) is 0 Å². The first kappa shape index (κ1) is 15.3. The number of nitrogens with one attached hydrogen (secondary N) is 1. The van der Waals surface area contributed by atoms with Crippen molar-refractivity contribution in [3.63, 3.8) is 0 Å². The lowest BCUT2D eigenvalue weighted by molar-refractivity contribution is 0.349. The standard InChI is InChI=1S/C17H24N2S2/c1-19(9-10-20-2)12-15-14-5-3-4-6-16(14)21-17(15)11-18-13-7-8-13/h3-6,13,18H,7-12H2,1-2H3. The first-order chi connectivity index (χ1) is 10.3. The van der Waals surface area contributed by atoms with E-state index in [1.807, 2.05) is 23.1 Å². The first-order valence-electron chi connectivity index (χ1n) is 7.68. The molecule has 1 fully saturated rings. The number of hydrogen-bond acceptors (Lipinski definition) is 4. The fourth-order valence-electron chi connectivity index (χ4n) is 2.59. The molecule has 0 atom stereocenters. The van der Waals surface area contributed by atoms with Crippen LogP contribution in [0.15, 0.2) is 24.3 Å². The predicted octanol–water partition coefficient (Wildman–Crippen LogP) is 3.95. The largest absolute Gasteiger partial charge is 0.309 e. The number of benzene rings is 1. The zero-order valence-electron chi connectivity index (χ0n) is 12.9. The number of nitrogens with zero attached hydrogens (tertiary/aromatic N) is 1. The third kappa shape index (κ3) is 4.01. The van der Waals surface area contributed by atoms with Gasteiger partial charge in [0.2, 0.25) is 0 Å². The zero-order valence-corrected chi connectivity index (χ0v) is 14.5. The molecule has 0 radical (unpaired) electrons. The molecule has 0 unspecified atom stereocenters. The molecular weight excluding hydrogens is 296 g/mol. The van der Waals surface area contributed by atoms with E-state index in [-0.39, 0.29) is 0 Å². The molecular formula is C17H24N2S2. The summed E-state index contributed by atoms with van der Waals surface area (Å²) >= 11 is 3.89. The second-order valence-corrected chi connectivity index (χ2v) is 8.01. The minimum atomic E-state index is 0.775. The summed E-state index contributed by atoms with van der Waals surface area (Å²) < 4.78 is 1.43. The van der Waals surface area contributed by atoms with Crippen molar-refractivity contribution in [2.45, 2.75) is 32.0 Å². The SMILES string of the molecule is CSCCN(C)Cc1c(CNC2CC2)sc2ccccc12. The van der Waals surface area contributed by atoms with Gasteiger partial charge in [-0.05, 0) is 43.2 Å². The van der Waals surface area contributed by atoms with Gasteiger partial charge < -0.3 is 10.2 Å². The normalized spacial score (nSPS) is 15.2. The van der Waals surface area contributed by atoms with Crippen LogP contribution in [0.4, 0.5) is 0 Å². The van der Waals surface area contributed by atoms with Crippen molar-refractivity contribution in [2.24, 2.45) is 0 Å². The Hall–Kier alpha value is -0.550. The quantitative estimate of drug-likeness (QED) is 0.793. The monoisotopic (exact) mass is 320 g/mol. The maximum atomic E-state index is 3.68. The van der Waals surface area contributed by atoms with Crippen LogP contribution in [0.5, 0.6) is 0 Å². The van der Waals surface area contributed by atoms with Gasteiger partial charge in [0.15, 0.2) is 0 Å². The van der Waals surface area contributed by atoms with E-state index in [1.165, 1.54) is 39.1 Å². The molecule has 1 N–H and O–H groups in total. The lowest BCUT2D eigenvalue weighted by Gasteiger charge is -2.17. The van der Waals surface area contributed by atoms with Gasteiger partial charge in [0.25, 0.3) is 0 Å². The third-order valence-corrected chi connectivity index (χ3v) is 5.82.